The van der Waals surface area contributed by atoms with E-state index in [1.54, 1.807) is 16.4 Å². The largest absolute Gasteiger partial charge is 0.244 e. The molecule has 112 valence electrons. The summed E-state index contributed by atoms with van der Waals surface area (Å²) in [5.74, 6) is 0.654. The summed E-state index contributed by atoms with van der Waals surface area (Å²) in [6.45, 7) is 3.43. The fourth-order valence-electron chi connectivity index (χ4n) is 2.60. The normalized spacial score (nSPS) is 21.6. The topological polar surface area (TPSA) is 37.4 Å². The number of benzene rings is 1. The lowest BCUT2D eigenvalue weighted by atomic mass is 9.98. The SMILES string of the molecule is CCC1CCCN(S(=O)(=O)c2cc(Br)ccc2Br)CC1. The lowest BCUT2D eigenvalue weighted by molar-refractivity contribution is 0.407. The fourth-order valence-corrected chi connectivity index (χ4v) is 5.56. The Morgan fingerprint density at radius 3 is 2.70 bits per heavy atom. The second-order valence-electron chi connectivity index (χ2n) is 5.18. The number of nitrogens with zero attached hydrogens (tertiary/aromatic N) is 1. The first kappa shape index (κ1) is 16.5. The second-order valence-corrected chi connectivity index (χ2v) is 8.86. The van der Waals surface area contributed by atoms with Crippen LogP contribution < -0.4 is 0 Å². The monoisotopic (exact) mass is 423 g/mol. The van der Waals surface area contributed by atoms with Gasteiger partial charge in [-0.3, -0.25) is 0 Å². The third-order valence-corrected chi connectivity index (χ3v) is 7.28. The van der Waals surface area contributed by atoms with Crippen LogP contribution in [-0.4, -0.2) is 25.8 Å². The van der Waals surface area contributed by atoms with Crippen LogP contribution in [0.25, 0.3) is 0 Å². The van der Waals surface area contributed by atoms with Gasteiger partial charge in [-0.2, -0.15) is 4.31 Å². The van der Waals surface area contributed by atoms with Gasteiger partial charge in [-0.1, -0.05) is 29.3 Å². The molecule has 0 spiro atoms. The van der Waals surface area contributed by atoms with E-state index in [9.17, 15) is 8.42 Å². The van der Waals surface area contributed by atoms with Crippen LogP contribution in [-0.2, 0) is 10.0 Å². The van der Waals surface area contributed by atoms with Crippen molar-refractivity contribution in [2.24, 2.45) is 5.92 Å². The van der Waals surface area contributed by atoms with E-state index in [2.05, 4.69) is 38.8 Å². The first-order chi connectivity index (χ1) is 9.45. The smallest absolute Gasteiger partial charge is 0.207 e. The molecule has 0 aromatic heterocycles. The standard InChI is InChI=1S/C14H19Br2NO2S/c1-2-11-4-3-8-17(9-7-11)20(18,19)14-10-12(15)5-6-13(14)16/h5-6,10-11H,2-4,7-9H2,1H3. The maximum absolute atomic E-state index is 12.8. The van der Waals surface area contributed by atoms with Gasteiger partial charge in [0.2, 0.25) is 10.0 Å². The molecule has 20 heavy (non-hydrogen) atoms. The highest BCUT2D eigenvalue weighted by atomic mass is 79.9. The Kier molecular flexibility index (Phi) is 5.68. The Morgan fingerprint density at radius 2 is 2.00 bits per heavy atom. The zero-order valence-corrected chi connectivity index (χ0v) is 15.5. The van der Waals surface area contributed by atoms with E-state index < -0.39 is 10.0 Å². The Morgan fingerprint density at radius 1 is 1.25 bits per heavy atom. The molecule has 3 nitrogen and oxygen atoms in total. The summed E-state index contributed by atoms with van der Waals surface area (Å²) in [6.07, 6.45) is 4.17. The number of hydrogen-bond acceptors (Lipinski definition) is 2. The van der Waals surface area contributed by atoms with Crippen molar-refractivity contribution in [3.05, 3.63) is 27.1 Å². The first-order valence-electron chi connectivity index (χ1n) is 6.90. The summed E-state index contributed by atoms with van der Waals surface area (Å²) in [4.78, 5) is 0.349. The van der Waals surface area contributed by atoms with E-state index in [1.807, 2.05) is 6.07 Å². The van der Waals surface area contributed by atoms with Gasteiger partial charge < -0.3 is 0 Å². The van der Waals surface area contributed by atoms with E-state index >= 15 is 0 Å². The van der Waals surface area contributed by atoms with E-state index in [0.29, 0.717) is 28.4 Å². The molecule has 1 aromatic carbocycles. The molecule has 0 aliphatic carbocycles. The van der Waals surface area contributed by atoms with Crippen molar-refractivity contribution in [1.29, 1.82) is 0 Å². The highest BCUT2D eigenvalue weighted by molar-refractivity contribution is 9.11. The summed E-state index contributed by atoms with van der Waals surface area (Å²) in [7, 11) is -3.41. The predicted octanol–water partition coefficient (Wildman–Crippen LogP) is 4.41. The first-order valence-corrected chi connectivity index (χ1v) is 9.93. The van der Waals surface area contributed by atoms with Crippen molar-refractivity contribution in [2.45, 2.75) is 37.5 Å². The molecule has 1 atom stereocenters. The summed E-state index contributed by atoms with van der Waals surface area (Å²) in [6, 6.07) is 5.27. The number of halogens is 2. The molecule has 1 fully saturated rings. The van der Waals surface area contributed by atoms with Gasteiger partial charge in [-0.05, 0) is 59.3 Å². The van der Waals surface area contributed by atoms with Crippen LogP contribution in [0.3, 0.4) is 0 Å². The van der Waals surface area contributed by atoms with Gasteiger partial charge in [0.05, 0.1) is 4.90 Å². The number of rotatable bonds is 3. The molecular weight excluding hydrogens is 406 g/mol. The molecule has 1 unspecified atom stereocenters. The van der Waals surface area contributed by atoms with Crippen LogP contribution in [0.15, 0.2) is 32.0 Å². The van der Waals surface area contributed by atoms with Crippen LogP contribution in [0.1, 0.15) is 32.6 Å². The van der Waals surface area contributed by atoms with Crippen molar-refractivity contribution in [3.8, 4) is 0 Å². The van der Waals surface area contributed by atoms with Gasteiger partial charge in [0.1, 0.15) is 0 Å². The quantitative estimate of drug-likeness (QED) is 0.720. The van der Waals surface area contributed by atoms with E-state index in [-0.39, 0.29) is 0 Å². The average Bonchev–Trinajstić information content (AvgIpc) is 2.67. The molecule has 1 aliphatic heterocycles. The Hall–Kier alpha value is 0.0900. The Bertz CT molecular complexity index is 575. The molecule has 6 heteroatoms. The molecule has 1 aromatic rings. The highest BCUT2D eigenvalue weighted by Gasteiger charge is 2.28. The molecule has 0 amide bonds. The molecule has 1 saturated heterocycles. The lowest BCUT2D eigenvalue weighted by Gasteiger charge is -2.21. The fraction of sp³-hybridized carbons (Fsp3) is 0.571. The molecule has 2 rings (SSSR count). The summed E-state index contributed by atoms with van der Waals surface area (Å²) < 4.78 is 28.6. The molecule has 0 bridgehead atoms. The van der Waals surface area contributed by atoms with Gasteiger partial charge in [-0.25, -0.2) is 8.42 Å². The molecular formula is C14H19Br2NO2S. The maximum atomic E-state index is 12.8. The Labute approximate surface area is 138 Å². The Balaban J connectivity index is 2.28. The third kappa shape index (κ3) is 3.64. The molecule has 0 saturated carbocycles. The van der Waals surface area contributed by atoms with Crippen LogP contribution in [0.2, 0.25) is 0 Å². The minimum absolute atomic E-state index is 0.349. The summed E-state index contributed by atoms with van der Waals surface area (Å²) in [5.41, 5.74) is 0. The van der Waals surface area contributed by atoms with Gasteiger partial charge in [-0.15, -0.1) is 0 Å². The summed E-state index contributed by atoms with van der Waals surface area (Å²) >= 11 is 6.70. The van der Waals surface area contributed by atoms with Crippen LogP contribution >= 0.6 is 31.9 Å². The average molecular weight is 425 g/mol. The van der Waals surface area contributed by atoms with Crippen molar-refractivity contribution in [3.63, 3.8) is 0 Å². The van der Waals surface area contributed by atoms with Gasteiger partial charge in [0.15, 0.2) is 0 Å². The number of hydrogen-bond donors (Lipinski definition) is 0. The third-order valence-electron chi connectivity index (χ3n) is 3.90. The van der Waals surface area contributed by atoms with Gasteiger partial charge in [0.25, 0.3) is 0 Å². The maximum Gasteiger partial charge on any atom is 0.244 e. The second kappa shape index (κ2) is 6.90. The van der Waals surface area contributed by atoms with Crippen molar-refractivity contribution in [1.82, 2.24) is 4.31 Å². The summed E-state index contributed by atoms with van der Waals surface area (Å²) in [5, 5.41) is 0. The molecule has 0 radical (unpaired) electrons. The molecule has 1 heterocycles. The molecule has 0 N–H and O–H groups in total. The molecule has 1 aliphatic rings. The minimum atomic E-state index is -3.41. The van der Waals surface area contributed by atoms with Crippen molar-refractivity contribution < 1.29 is 8.42 Å². The van der Waals surface area contributed by atoms with Gasteiger partial charge in [0, 0.05) is 22.0 Å². The van der Waals surface area contributed by atoms with E-state index in [0.717, 1.165) is 30.2 Å². The number of sulfonamides is 1. The van der Waals surface area contributed by atoms with E-state index in [4.69, 9.17) is 0 Å². The lowest BCUT2D eigenvalue weighted by Crippen LogP contribution is -2.32. The van der Waals surface area contributed by atoms with Crippen LogP contribution in [0.5, 0.6) is 0 Å². The van der Waals surface area contributed by atoms with Gasteiger partial charge >= 0.3 is 0 Å². The van der Waals surface area contributed by atoms with E-state index in [1.165, 1.54) is 0 Å². The predicted molar refractivity (Wildman–Crippen MR) is 88.2 cm³/mol. The zero-order valence-electron chi connectivity index (χ0n) is 11.5. The minimum Gasteiger partial charge on any atom is -0.207 e. The zero-order chi connectivity index (χ0) is 14.8. The van der Waals surface area contributed by atoms with Crippen molar-refractivity contribution >= 4 is 41.9 Å². The van der Waals surface area contributed by atoms with Crippen LogP contribution in [0, 0.1) is 5.92 Å². The van der Waals surface area contributed by atoms with Crippen molar-refractivity contribution in [2.75, 3.05) is 13.1 Å². The highest BCUT2D eigenvalue weighted by Crippen LogP contribution is 2.30. The van der Waals surface area contributed by atoms with Crippen LogP contribution in [0.4, 0.5) is 0 Å².